The normalized spacial score (nSPS) is 11.2. The van der Waals surface area contributed by atoms with Crippen molar-refractivity contribution < 1.29 is 9.13 Å². The molecule has 2 aromatic heterocycles. The molecule has 2 heterocycles. The van der Waals surface area contributed by atoms with Gasteiger partial charge < -0.3 is 10.1 Å². The molecule has 0 spiro atoms. The maximum atomic E-state index is 12.9. The number of ether oxygens (including phenoxy) is 1. The molecule has 1 aromatic carbocycles. The lowest BCUT2D eigenvalue weighted by Crippen LogP contribution is -2.22. The third-order valence-electron chi connectivity index (χ3n) is 3.78. The first-order chi connectivity index (χ1) is 12.1. The molecule has 0 radical (unpaired) electrons. The van der Waals surface area contributed by atoms with Crippen molar-refractivity contribution in [3.63, 3.8) is 0 Å². The topological polar surface area (TPSA) is 55.6 Å². The average Bonchev–Trinajstić information content (AvgIpc) is 2.91. The van der Waals surface area contributed by atoms with E-state index >= 15 is 0 Å². The van der Waals surface area contributed by atoms with Crippen LogP contribution in [0.3, 0.4) is 0 Å². The fraction of sp³-hybridized carbons (Fsp3) is 0.333. The van der Waals surface area contributed by atoms with Crippen LogP contribution in [0.25, 0.3) is 4.96 Å². The van der Waals surface area contributed by atoms with Gasteiger partial charge in [-0.2, -0.15) is 0 Å². The minimum Gasteiger partial charge on any atom is -0.487 e. The summed E-state index contributed by atoms with van der Waals surface area (Å²) in [7, 11) is 0. The van der Waals surface area contributed by atoms with Gasteiger partial charge in [-0.15, -0.1) is 11.3 Å². The van der Waals surface area contributed by atoms with Crippen LogP contribution in [0.5, 0.6) is 5.75 Å². The van der Waals surface area contributed by atoms with Crippen LogP contribution in [0.4, 0.5) is 4.39 Å². The van der Waals surface area contributed by atoms with Crippen LogP contribution in [0.1, 0.15) is 29.6 Å². The minimum absolute atomic E-state index is 0.111. The predicted octanol–water partition coefficient (Wildman–Crippen LogP) is 3.28. The predicted molar refractivity (Wildman–Crippen MR) is 96.8 cm³/mol. The third-order valence-corrected chi connectivity index (χ3v) is 4.78. The molecule has 3 aromatic rings. The third kappa shape index (κ3) is 4.05. The Morgan fingerprint density at radius 2 is 2.08 bits per heavy atom. The fourth-order valence-electron chi connectivity index (χ4n) is 2.53. The molecule has 0 aliphatic carbocycles. The van der Waals surface area contributed by atoms with Gasteiger partial charge in [0.15, 0.2) is 4.96 Å². The quantitative estimate of drug-likeness (QED) is 0.656. The van der Waals surface area contributed by atoms with Gasteiger partial charge in [0.2, 0.25) is 0 Å². The van der Waals surface area contributed by atoms with Crippen LogP contribution in [-0.4, -0.2) is 15.9 Å². The fourth-order valence-corrected chi connectivity index (χ4v) is 3.54. The molecule has 25 heavy (non-hydrogen) atoms. The number of benzene rings is 1. The summed E-state index contributed by atoms with van der Waals surface area (Å²) in [6, 6.07) is 7.26. The molecule has 1 N–H and O–H groups in total. The Morgan fingerprint density at radius 3 is 2.80 bits per heavy atom. The standard InChI is InChI=1S/C18H20FN3O2S/c1-3-8-20-10-16-12(2)25-18-21-14(9-17(23)22(16)18)11-24-15-6-4-13(19)5-7-15/h4-7,9,20H,3,8,10-11H2,1-2H3. The van der Waals surface area contributed by atoms with E-state index in [0.717, 1.165) is 23.5 Å². The van der Waals surface area contributed by atoms with Gasteiger partial charge in [0.1, 0.15) is 18.2 Å². The van der Waals surface area contributed by atoms with E-state index in [0.29, 0.717) is 22.9 Å². The van der Waals surface area contributed by atoms with E-state index in [4.69, 9.17) is 4.74 Å². The first-order valence-electron chi connectivity index (χ1n) is 8.18. The molecule has 0 amide bonds. The van der Waals surface area contributed by atoms with E-state index in [1.165, 1.54) is 29.5 Å². The molecule has 0 unspecified atom stereocenters. The molecule has 7 heteroatoms. The van der Waals surface area contributed by atoms with E-state index < -0.39 is 0 Å². The lowest BCUT2D eigenvalue weighted by molar-refractivity contribution is 0.301. The van der Waals surface area contributed by atoms with Crippen molar-refractivity contribution in [2.45, 2.75) is 33.4 Å². The van der Waals surface area contributed by atoms with Crippen molar-refractivity contribution in [1.29, 1.82) is 0 Å². The van der Waals surface area contributed by atoms with Gasteiger partial charge in [0.05, 0.1) is 11.4 Å². The van der Waals surface area contributed by atoms with Crippen molar-refractivity contribution >= 4 is 16.3 Å². The highest BCUT2D eigenvalue weighted by Crippen LogP contribution is 2.20. The zero-order valence-electron chi connectivity index (χ0n) is 14.2. The number of rotatable bonds is 7. The van der Waals surface area contributed by atoms with Gasteiger partial charge in [-0.25, -0.2) is 9.37 Å². The summed E-state index contributed by atoms with van der Waals surface area (Å²) in [5, 5.41) is 3.33. The van der Waals surface area contributed by atoms with E-state index in [1.54, 1.807) is 16.5 Å². The number of aromatic nitrogens is 2. The van der Waals surface area contributed by atoms with Crippen LogP contribution >= 0.6 is 11.3 Å². The molecule has 0 aliphatic heterocycles. The number of halogens is 1. The van der Waals surface area contributed by atoms with Crippen molar-refractivity contribution in [2.24, 2.45) is 0 Å². The molecule has 3 rings (SSSR count). The highest BCUT2D eigenvalue weighted by Gasteiger charge is 2.13. The number of hydrogen-bond donors (Lipinski definition) is 1. The molecular weight excluding hydrogens is 341 g/mol. The highest BCUT2D eigenvalue weighted by molar-refractivity contribution is 7.17. The van der Waals surface area contributed by atoms with Gasteiger partial charge >= 0.3 is 0 Å². The van der Waals surface area contributed by atoms with Gasteiger partial charge in [0.25, 0.3) is 5.56 Å². The monoisotopic (exact) mass is 361 g/mol. The van der Waals surface area contributed by atoms with Crippen LogP contribution < -0.4 is 15.6 Å². The first kappa shape index (κ1) is 17.6. The first-order valence-corrected chi connectivity index (χ1v) is 9.00. The van der Waals surface area contributed by atoms with Gasteiger partial charge in [-0.1, -0.05) is 6.92 Å². The van der Waals surface area contributed by atoms with E-state index in [2.05, 4.69) is 17.2 Å². The molecule has 0 fully saturated rings. The number of fused-ring (bicyclic) bond motifs is 1. The molecule has 0 atom stereocenters. The summed E-state index contributed by atoms with van der Waals surface area (Å²) in [5.41, 5.74) is 1.40. The summed E-state index contributed by atoms with van der Waals surface area (Å²) in [6.45, 7) is 5.82. The Labute approximate surface area is 149 Å². The molecule has 132 valence electrons. The number of nitrogens with zero attached hydrogens (tertiary/aromatic N) is 2. The van der Waals surface area contributed by atoms with Gasteiger partial charge in [-0.05, 0) is 44.2 Å². The van der Waals surface area contributed by atoms with Crippen LogP contribution in [0, 0.1) is 12.7 Å². The lowest BCUT2D eigenvalue weighted by Gasteiger charge is -2.07. The van der Waals surface area contributed by atoms with Crippen molar-refractivity contribution in [1.82, 2.24) is 14.7 Å². The van der Waals surface area contributed by atoms with E-state index in [1.807, 2.05) is 6.92 Å². The molecule has 0 saturated heterocycles. The summed E-state index contributed by atoms with van der Waals surface area (Å²) in [5.74, 6) is 0.221. The van der Waals surface area contributed by atoms with Crippen molar-refractivity contribution in [2.75, 3.05) is 6.54 Å². The van der Waals surface area contributed by atoms with Crippen LogP contribution in [0.2, 0.25) is 0 Å². The number of hydrogen-bond acceptors (Lipinski definition) is 5. The molecule has 0 bridgehead atoms. The number of aryl methyl sites for hydroxylation is 1. The van der Waals surface area contributed by atoms with Crippen molar-refractivity contribution in [3.05, 3.63) is 62.8 Å². The Bertz CT molecular complexity index is 918. The zero-order chi connectivity index (χ0) is 17.8. The van der Waals surface area contributed by atoms with Gasteiger partial charge in [-0.3, -0.25) is 9.20 Å². The van der Waals surface area contributed by atoms with E-state index in [-0.39, 0.29) is 18.0 Å². The Kier molecular flexibility index (Phi) is 5.45. The summed E-state index contributed by atoms with van der Waals surface area (Å²) >= 11 is 1.50. The summed E-state index contributed by atoms with van der Waals surface area (Å²) in [4.78, 5) is 18.8. The largest absolute Gasteiger partial charge is 0.487 e. The average molecular weight is 361 g/mol. The molecular formula is C18H20FN3O2S. The maximum Gasteiger partial charge on any atom is 0.259 e. The van der Waals surface area contributed by atoms with E-state index in [9.17, 15) is 9.18 Å². The van der Waals surface area contributed by atoms with Crippen LogP contribution in [-0.2, 0) is 13.2 Å². The number of thiazole rings is 1. The number of nitrogens with one attached hydrogen (secondary N) is 1. The second-order valence-corrected chi connectivity index (χ2v) is 6.91. The summed E-state index contributed by atoms with van der Waals surface area (Å²) in [6.07, 6.45) is 1.04. The Morgan fingerprint density at radius 1 is 1.32 bits per heavy atom. The second-order valence-electron chi connectivity index (χ2n) is 5.73. The minimum atomic E-state index is -0.316. The highest BCUT2D eigenvalue weighted by atomic mass is 32.1. The Balaban J connectivity index is 1.81. The second kappa shape index (κ2) is 7.76. The van der Waals surface area contributed by atoms with Crippen molar-refractivity contribution in [3.8, 4) is 5.75 Å². The lowest BCUT2D eigenvalue weighted by atomic mass is 10.3. The molecule has 0 saturated carbocycles. The summed E-state index contributed by atoms with van der Waals surface area (Å²) < 4.78 is 20.2. The smallest absolute Gasteiger partial charge is 0.259 e. The zero-order valence-corrected chi connectivity index (χ0v) is 15.0. The van der Waals surface area contributed by atoms with Gasteiger partial charge in [0, 0.05) is 17.5 Å². The van der Waals surface area contributed by atoms with Crippen LogP contribution in [0.15, 0.2) is 35.1 Å². The maximum absolute atomic E-state index is 12.9. The molecule has 5 nitrogen and oxygen atoms in total. The Hall–Kier alpha value is -2.25. The molecule has 0 aliphatic rings. The SMILES string of the molecule is CCCNCc1c(C)sc2nc(COc3ccc(F)cc3)cc(=O)n12.